The van der Waals surface area contributed by atoms with Crippen LogP contribution in [-0.4, -0.2) is 35.9 Å². The zero-order chi connectivity index (χ0) is 15.1. The lowest BCUT2D eigenvalue weighted by Gasteiger charge is -2.16. The number of ether oxygens (including phenoxy) is 1. The van der Waals surface area contributed by atoms with Crippen LogP contribution in [0.5, 0.6) is 0 Å². The number of amides is 1. The Kier molecular flexibility index (Phi) is 6.53. The molecule has 1 aromatic carbocycles. The molecule has 0 saturated carbocycles. The van der Waals surface area contributed by atoms with E-state index in [1.165, 1.54) is 7.11 Å². The van der Waals surface area contributed by atoms with Crippen LogP contribution in [0.1, 0.15) is 16.8 Å². The maximum atomic E-state index is 13.2. The van der Waals surface area contributed by atoms with Crippen LogP contribution in [0.4, 0.5) is 10.1 Å². The number of alkyl halides is 1. The van der Waals surface area contributed by atoms with E-state index in [1.54, 1.807) is 0 Å². The van der Waals surface area contributed by atoms with Crippen molar-refractivity contribution in [3.8, 4) is 0 Å². The van der Waals surface area contributed by atoms with Gasteiger partial charge in [-0.1, -0.05) is 15.9 Å². The van der Waals surface area contributed by atoms with Crippen molar-refractivity contribution in [3.05, 3.63) is 39.7 Å². The van der Waals surface area contributed by atoms with E-state index in [2.05, 4.69) is 21.2 Å². The third kappa shape index (κ3) is 4.53. The van der Waals surface area contributed by atoms with Gasteiger partial charge >= 0.3 is 0 Å². The molecule has 1 N–H and O–H groups in total. The van der Waals surface area contributed by atoms with E-state index in [0.717, 1.165) is 18.2 Å². The molecule has 0 aliphatic carbocycles. The van der Waals surface area contributed by atoms with Gasteiger partial charge in [0, 0.05) is 18.5 Å². The Balaban J connectivity index is 2.95. The lowest BCUT2D eigenvalue weighted by molar-refractivity contribution is -0.385. The monoisotopic (exact) mass is 348 g/mol. The van der Waals surface area contributed by atoms with Gasteiger partial charge < -0.3 is 10.1 Å². The number of hydrogen-bond donors (Lipinski definition) is 1. The maximum Gasteiger partial charge on any atom is 0.282 e. The summed E-state index contributed by atoms with van der Waals surface area (Å²) in [5, 5.41) is 14.1. The summed E-state index contributed by atoms with van der Waals surface area (Å²) < 4.78 is 18.1. The first-order chi connectivity index (χ1) is 9.49. The minimum Gasteiger partial charge on any atom is -0.383 e. The maximum absolute atomic E-state index is 13.2. The van der Waals surface area contributed by atoms with Gasteiger partial charge in [-0.25, -0.2) is 4.39 Å². The Morgan fingerprint density at radius 3 is 2.85 bits per heavy atom. The number of hydrogen-bond acceptors (Lipinski definition) is 4. The van der Waals surface area contributed by atoms with E-state index in [4.69, 9.17) is 4.74 Å². The van der Waals surface area contributed by atoms with Crippen molar-refractivity contribution in [1.29, 1.82) is 0 Å². The van der Waals surface area contributed by atoms with Gasteiger partial charge in [-0.3, -0.25) is 14.9 Å². The Labute approximate surface area is 123 Å². The number of benzene rings is 1. The summed E-state index contributed by atoms with van der Waals surface area (Å²) in [5.41, 5.74) is -0.732. The van der Waals surface area contributed by atoms with Crippen LogP contribution in [0, 0.1) is 15.9 Å². The summed E-state index contributed by atoms with van der Waals surface area (Å²) in [5.74, 6) is -1.40. The minimum absolute atomic E-state index is 0.264. The minimum atomic E-state index is -0.718. The van der Waals surface area contributed by atoms with Crippen molar-refractivity contribution in [1.82, 2.24) is 5.32 Å². The van der Waals surface area contributed by atoms with Crippen LogP contribution in [0.3, 0.4) is 0 Å². The summed E-state index contributed by atoms with van der Waals surface area (Å²) in [7, 11) is 1.48. The summed E-state index contributed by atoms with van der Waals surface area (Å²) in [6, 6.07) is 2.46. The van der Waals surface area contributed by atoms with Gasteiger partial charge in [-0.2, -0.15) is 0 Å². The van der Waals surface area contributed by atoms with Crippen molar-refractivity contribution in [2.75, 3.05) is 19.0 Å². The molecule has 8 heteroatoms. The van der Waals surface area contributed by atoms with Crippen LogP contribution in [-0.2, 0) is 4.74 Å². The Bertz CT molecular complexity index is 492. The molecule has 0 fully saturated rings. The zero-order valence-corrected chi connectivity index (χ0v) is 12.4. The molecule has 0 aliphatic rings. The van der Waals surface area contributed by atoms with E-state index in [-0.39, 0.29) is 18.2 Å². The number of nitrogens with one attached hydrogen (secondary N) is 1. The number of rotatable bonds is 7. The normalized spacial score (nSPS) is 11.9. The first-order valence-corrected chi connectivity index (χ1v) is 6.91. The lowest BCUT2D eigenvalue weighted by atomic mass is 10.1. The van der Waals surface area contributed by atoms with E-state index < -0.39 is 22.3 Å². The molecule has 1 atom stereocenters. The van der Waals surface area contributed by atoms with Crippen molar-refractivity contribution < 1.29 is 18.8 Å². The third-order valence-electron chi connectivity index (χ3n) is 2.56. The van der Waals surface area contributed by atoms with Gasteiger partial charge in [0.15, 0.2) is 0 Å². The fourth-order valence-electron chi connectivity index (χ4n) is 1.64. The molecular weight excluding hydrogens is 335 g/mol. The average Bonchev–Trinajstić information content (AvgIpc) is 2.38. The second kappa shape index (κ2) is 7.91. The molecule has 0 radical (unpaired) electrons. The standard InChI is InChI=1S/C12H14BrFN2O4/c1-20-7-9(4-5-13)15-12(17)10-6-8(14)2-3-11(10)16(18)19/h2-3,6,9H,4-5,7H2,1H3,(H,15,17). The second-order valence-corrected chi connectivity index (χ2v) is 4.81. The zero-order valence-electron chi connectivity index (χ0n) is 10.8. The average molecular weight is 349 g/mol. The van der Waals surface area contributed by atoms with Gasteiger partial charge in [0.1, 0.15) is 11.4 Å². The Morgan fingerprint density at radius 1 is 1.60 bits per heavy atom. The fraction of sp³-hybridized carbons (Fsp3) is 0.417. The number of nitro benzene ring substituents is 1. The van der Waals surface area contributed by atoms with Crippen LogP contribution < -0.4 is 5.32 Å². The Hall–Kier alpha value is -1.54. The third-order valence-corrected chi connectivity index (χ3v) is 3.02. The molecule has 0 saturated heterocycles. The first-order valence-electron chi connectivity index (χ1n) is 5.79. The SMILES string of the molecule is COCC(CCBr)NC(=O)c1cc(F)ccc1[N+](=O)[O-]. The quantitative estimate of drug-likeness (QED) is 0.465. The summed E-state index contributed by atoms with van der Waals surface area (Å²) in [6.45, 7) is 0.264. The highest BCUT2D eigenvalue weighted by Crippen LogP contribution is 2.19. The first kappa shape index (κ1) is 16.5. The number of nitro groups is 1. The molecule has 0 spiro atoms. The summed E-state index contributed by atoms with van der Waals surface area (Å²) in [6.07, 6.45) is 0.586. The smallest absolute Gasteiger partial charge is 0.282 e. The predicted octanol–water partition coefficient (Wildman–Crippen LogP) is 2.26. The second-order valence-electron chi connectivity index (χ2n) is 4.02. The Morgan fingerprint density at radius 2 is 2.30 bits per heavy atom. The molecule has 0 aromatic heterocycles. The molecule has 1 unspecified atom stereocenters. The number of nitrogens with zero attached hydrogens (tertiary/aromatic N) is 1. The molecule has 0 bridgehead atoms. The fourth-order valence-corrected chi connectivity index (χ4v) is 2.20. The van der Waals surface area contributed by atoms with Crippen LogP contribution in [0.2, 0.25) is 0 Å². The highest BCUT2D eigenvalue weighted by Gasteiger charge is 2.22. The van der Waals surface area contributed by atoms with E-state index in [0.29, 0.717) is 11.8 Å². The van der Waals surface area contributed by atoms with Crippen molar-refractivity contribution in [2.24, 2.45) is 0 Å². The molecule has 1 aromatic rings. The van der Waals surface area contributed by atoms with Gasteiger partial charge in [0.2, 0.25) is 0 Å². The van der Waals surface area contributed by atoms with Gasteiger partial charge in [-0.15, -0.1) is 0 Å². The molecule has 20 heavy (non-hydrogen) atoms. The summed E-state index contributed by atoms with van der Waals surface area (Å²) >= 11 is 3.24. The highest BCUT2D eigenvalue weighted by molar-refractivity contribution is 9.09. The molecule has 0 heterocycles. The summed E-state index contributed by atoms with van der Waals surface area (Å²) in [4.78, 5) is 22.2. The van der Waals surface area contributed by atoms with Crippen LogP contribution in [0.25, 0.3) is 0 Å². The van der Waals surface area contributed by atoms with Crippen molar-refractivity contribution >= 4 is 27.5 Å². The number of halogens is 2. The molecule has 1 amide bonds. The van der Waals surface area contributed by atoms with E-state index >= 15 is 0 Å². The van der Waals surface area contributed by atoms with Crippen molar-refractivity contribution in [2.45, 2.75) is 12.5 Å². The van der Waals surface area contributed by atoms with E-state index in [9.17, 15) is 19.3 Å². The molecule has 6 nitrogen and oxygen atoms in total. The highest BCUT2D eigenvalue weighted by atomic mass is 79.9. The van der Waals surface area contributed by atoms with Gasteiger partial charge in [0.05, 0.1) is 17.6 Å². The number of carbonyl (C=O) groups is 1. The number of methoxy groups -OCH3 is 1. The molecule has 0 aliphatic heterocycles. The largest absolute Gasteiger partial charge is 0.383 e. The van der Waals surface area contributed by atoms with Crippen LogP contribution in [0.15, 0.2) is 18.2 Å². The molecular formula is C12H14BrFN2O4. The lowest BCUT2D eigenvalue weighted by Crippen LogP contribution is -2.38. The van der Waals surface area contributed by atoms with Gasteiger partial charge in [-0.05, 0) is 18.6 Å². The molecule has 110 valence electrons. The number of carbonyl (C=O) groups excluding carboxylic acids is 1. The molecule has 1 rings (SSSR count). The topological polar surface area (TPSA) is 81.5 Å². The van der Waals surface area contributed by atoms with E-state index in [1.807, 2.05) is 0 Å². The van der Waals surface area contributed by atoms with Crippen molar-refractivity contribution in [3.63, 3.8) is 0 Å². The van der Waals surface area contributed by atoms with Crippen LogP contribution >= 0.6 is 15.9 Å². The predicted molar refractivity (Wildman–Crippen MR) is 74.6 cm³/mol. The van der Waals surface area contributed by atoms with Gasteiger partial charge in [0.25, 0.3) is 11.6 Å².